The maximum absolute atomic E-state index is 12.0. The molecule has 0 aromatic carbocycles. The van der Waals surface area contributed by atoms with Crippen molar-refractivity contribution in [2.75, 3.05) is 19.6 Å². The normalized spacial score (nSPS) is 21.2. The molecule has 0 radical (unpaired) electrons. The van der Waals surface area contributed by atoms with Crippen LogP contribution < -0.4 is 10.5 Å². The van der Waals surface area contributed by atoms with Gasteiger partial charge in [0.25, 0.3) is 10.2 Å². The monoisotopic (exact) mass is 249 g/mol. The highest BCUT2D eigenvalue weighted by Crippen LogP contribution is 2.13. The molecule has 6 heteroatoms. The Balaban J connectivity index is 2.62. The number of hydrogen-bond acceptors (Lipinski definition) is 3. The molecule has 3 N–H and O–H groups in total. The Hall–Kier alpha value is -0.170. The Labute approximate surface area is 98.6 Å². The highest BCUT2D eigenvalue weighted by Gasteiger charge is 2.27. The van der Waals surface area contributed by atoms with Gasteiger partial charge in [-0.3, -0.25) is 0 Å². The molecule has 0 amide bonds. The minimum atomic E-state index is -3.34. The fourth-order valence-corrected chi connectivity index (χ4v) is 3.47. The van der Waals surface area contributed by atoms with E-state index in [1.54, 1.807) is 0 Å². The number of rotatable bonds is 5. The number of nitrogens with one attached hydrogen (secondary N) is 1. The summed E-state index contributed by atoms with van der Waals surface area (Å²) in [5, 5.41) is 0. The van der Waals surface area contributed by atoms with E-state index in [0.29, 0.717) is 19.6 Å². The van der Waals surface area contributed by atoms with E-state index in [-0.39, 0.29) is 12.0 Å². The minimum absolute atomic E-state index is 0.174. The van der Waals surface area contributed by atoms with Gasteiger partial charge in [-0.25, -0.2) is 0 Å². The van der Waals surface area contributed by atoms with Crippen LogP contribution in [-0.4, -0.2) is 38.4 Å². The lowest BCUT2D eigenvalue weighted by Gasteiger charge is -2.29. The average molecular weight is 249 g/mol. The smallest absolute Gasteiger partial charge is 0.279 e. The molecule has 0 aromatic heterocycles. The van der Waals surface area contributed by atoms with E-state index < -0.39 is 10.2 Å². The minimum Gasteiger partial charge on any atom is -0.329 e. The predicted molar refractivity (Wildman–Crippen MR) is 65.2 cm³/mol. The molecule has 0 saturated carbocycles. The van der Waals surface area contributed by atoms with Crippen LogP contribution in [0.3, 0.4) is 0 Å². The lowest BCUT2D eigenvalue weighted by molar-refractivity contribution is 0.333. The van der Waals surface area contributed by atoms with Gasteiger partial charge in [0.2, 0.25) is 0 Å². The van der Waals surface area contributed by atoms with E-state index in [0.717, 1.165) is 19.3 Å². The van der Waals surface area contributed by atoms with Crippen LogP contribution in [0.25, 0.3) is 0 Å². The van der Waals surface area contributed by atoms with E-state index in [4.69, 9.17) is 5.73 Å². The third kappa shape index (κ3) is 3.69. The third-order valence-electron chi connectivity index (χ3n) is 3.01. The molecule has 1 heterocycles. The summed E-state index contributed by atoms with van der Waals surface area (Å²) in [6.07, 6.45) is 3.03. The zero-order valence-corrected chi connectivity index (χ0v) is 11.0. The second-order valence-electron chi connectivity index (χ2n) is 4.67. The van der Waals surface area contributed by atoms with Gasteiger partial charge in [0.05, 0.1) is 0 Å². The van der Waals surface area contributed by atoms with Crippen molar-refractivity contribution in [1.29, 1.82) is 0 Å². The van der Waals surface area contributed by atoms with Gasteiger partial charge >= 0.3 is 0 Å². The first-order valence-corrected chi connectivity index (χ1v) is 7.39. The summed E-state index contributed by atoms with van der Waals surface area (Å²) in [4.78, 5) is 0. The van der Waals surface area contributed by atoms with Crippen LogP contribution in [0, 0.1) is 5.92 Å². The zero-order chi connectivity index (χ0) is 12.2. The largest absolute Gasteiger partial charge is 0.329 e. The Morgan fingerprint density at radius 3 is 2.25 bits per heavy atom. The van der Waals surface area contributed by atoms with Gasteiger partial charge in [-0.15, -0.1) is 0 Å². The second kappa shape index (κ2) is 5.95. The van der Waals surface area contributed by atoms with Crippen molar-refractivity contribution in [3.8, 4) is 0 Å². The predicted octanol–water partition coefficient (Wildman–Crippen LogP) is 0.290. The van der Waals surface area contributed by atoms with Crippen molar-refractivity contribution < 1.29 is 8.42 Å². The van der Waals surface area contributed by atoms with E-state index in [1.807, 2.05) is 13.8 Å². The third-order valence-corrected chi connectivity index (χ3v) is 4.66. The number of nitrogens with two attached hydrogens (primary N) is 1. The maximum Gasteiger partial charge on any atom is 0.279 e. The summed E-state index contributed by atoms with van der Waals surface area (Å²) < 4.78 is 28.3. The van der Waals surface area contributed by atoms with Gasteiger partial charge in [0.1, 0.15) is 0 Å². The first kappa shape index (κ1) is 13.9. The zero-order valence-electron chi connectivity index (χ0n) is 10.1. The summed E-state index contributed by atoms with van der Waals surface area (Å²) in [5.74, 6) is 0.213. The molecule has 1 aliphatic rings. The van der Waals surface area contributed by atoms with Gasteiger partial charge in [-0.2, -0.15) is 17.4 Å². The number of piperidine rings is 1. The lowest BCUT2D eigenvalue weighted by Crippen LogP contribution is -2.51. The summed E-state index contributed by atoms with van der Waals surface area (Å²) in [6, 6.07) is -0.174. The van der Waals surface area contributed by atoms with E-state index >= 15 is 0 Å². The fraction of sp³-hybridized carbons (Fsp3) is 1.00. The topological polar surface area (TPSA) is 75.4 Å². The van der Waals surface area contributed by atoms with E-state index in [9.17, 15) is 8.42 Å². The van der Waals surface area contributed by atoms with Crippen LogP contribution in [0.15, 0.2) is 0 Å². The molecule has 0 aromatic rings. The van der Waals surface area contributed by atoms with Crippen LogP contribution in [0.5, 0.6) is 0 Å². The first-order valence-electron chi connectivity index (χ1n) is 5.95. The van der Waals surface area contributed by atoms with E-state index in [2.05, 4.69) is 4.72 Å². The van der Waals surface area contributed by atoms with Crippen molar-refractivity contribution >= 4 is 10.2 Å². The van der Waals surface area contributed by atoms with Crippen molar-refractivity contribution in [2.45, 2.75) is 39.2 Å². The summed E-state index contributed by atoms with van der Waals surface area (Å²) in [6.45, 7) is 5.53. The van der Waals surface area contributed by atoms with Crippen LogP contribution in [0.4, 0.5) is 0 Å². The fourth-order valence-electron chi connectivity index (χ4n) is 1.83. The highest BCUT2D eigenvalue weighted by atomic mass is 32.2. The molecule has 1 unspecified atom stereocenters. The molecule has 96 valence electrons. The van der Waals surface area contributed by atoms with Crippen LogP contribution in [0.1, 0.15) is 33.1 Å². The molecule has 0 spiro atoms. The first-order chi connectivity index (χ1) is 7.47. The molecule has 1 rings (SSSR count). The lowest BCUT2D eigenvalue weighted by atomic mass is 10.1. The average Bonchev–Trinajstić information content (AvgIpc) is 2.27. The number of hydrogen-bond donors (Lipinski definition) is 2. The molecule has 1 saturated heterocycles. The number of nitrogens with zero attached hydrogens (tertiary/aromatic N) is 1. The van der Waals surface area contributed by atoms with E-state index in [1.165, 1.54) is 4.31 Å². The van der Waals surface area contributed by atoms with Crippen molar-refractivity contribution in [3.05, 3.63) is 0 Å². The van der Waals surface area contributed by atoms with Crippen LogP contribution in [0.2, 0.25) is 0 Å². The molecule has 5 nitrogen and oxygen atoms in total. The SMILES string of the molecule is CC(C)C(CN)NS(=O)(=O)N1CCCCC1. The Bertz CT molecular complexity index is 297. The molecule has 16 heavy (non-hydrogen) atoms. The van der Waals surface area contributed by atoms with Crippen LogP contribution >= 0.6 is 0 Å². The van der Waals surface area contributed by atoms with Crippen molar-refractivity contribution in [1.82, 2.24) is 9.03 Å². The molecule has 0 bridgehead atoms. The Kier molecular flexibility index (Phi) is 5.17. The summed E-state index contributed by atoms with van der Waals surface area (Å²) in [5.41, 5.74) is 5.56. The Morgan fingerprint density at radius 1 is 1.25 bits per heavy atom. The molecule has 0 aliphatic carbocycles. The standard InChI is InChI=1S/C10H23N3O2S/c1-9(2)10(8-11)12-16(14,15)13-6-4-3-5-7-13/h9-10,12H,3-8,11H2,1-2H3. The maximum atomic E-state index is 12.0. The molecule has 1 fully saturated rings. The molecular weight excluding hydrogens is 226 g/mol. The summed E-state index contributed by atoms with van der Waals surface area (Å²) >= 11 is 0. The van der Waals surface area contributed by atoms with Crippen molar-refractivity contribution in [2.24, 2.45) is 11.7 Å². The highest BCUT2D eigenvalue weighted by molar-refractivity contribution is 7.87. The Morgan fingerprint density at radius 2 is 1.81 bits per heavy atom. The van der Waals surface area contributed by atoms with Crippen molar-refractivity contribution in [3.63, 3.8) is 0 Å². The summed E-state index contributed by atoms with van der Waals surface area (Å²) in [7, 11) is -3.34. The van der Waals surface area contributed by atoms with Gasteiger partial charge in [0.15, 0.2) is 0 Å². The quantitative estimate of drug-likeness (QED) is 0.735. The molecular formula is C10H23N3O2S. The second-order valence-corrected chi connectivity index (χ2v) is 6.37. The molecule has 1 atom stereocenters. The van der Waals surface area contributed by atoms with Gasteiger partial charge < -0.3 is 5.73 Å². The van der Waals surface area contributed by atoms with Crippen LogP contribution in [-0.2, 0) is 10.2 Å². The molecule has 1 aliphatic heterocycles. The van der Waals surface area contributed by atoms with Gasteiger partial charge in [-0.1, -0.05) is 20.3 Å². The van der Waals surface area contributed by atoms with Gasteiger partial charge in [0, 0.05) is 25.7 Å². The van der Waals surface area contributed by atoms with Gasteiger partial charge in [-0.05, 0) is 18.8 Å².